The number of primary amides is 2. The number of esters is 1. The molecule has 0 saturated heterocycles. The average Bonchev–Trinajstić information content (AvgIpc) is 1.80. The number of benzene rings is 5. The third-order valence-corrected chi connectivity index (χ3v) is 20.6. The van der Waals surface area contributed by atoms with Gasteiger partial charge < -0.3 is 107 Å². The summed E-state index contributed by atoms with van der Waals surface area (Å²) in [5, 5.41) is 100. The molecule has 47 nitrogen and oxygen atoms in total. The van der Waals surface area contributed by atoms with Crippen molar-refractivity contribution in [1.82, 2.24) is 118 Å². The Bertz CT molecular complexity index is 6870. The Morgan fingerprint density at radius 1 is 0.293 bits per heavy atom. The molecular formula is C99H104LiN35O12. The first-order chi connectivity index (χ1) is 69.2. The fraction of sp³-hybridized carbons (Fsp3) is 0.131. The topological polar surface area (TPSA) is 680 Å². The van der Waals surface area contributed by atoms with E-state index >= 15 is 0 Å². The van der Waals surface area contributed by atoms with Gasteiger partial charge in [-0.3, -0.25) is 38.7 Å². The van der Waals surface area contributed by atoms with Gasteiger partial charge in [-0.15, -0.1) is 51.0 Å². The number of carbonyl (C=O) groups is 9. The quantitative estimate of drug-likeness (QED) is 0.0147. The predicted octanol–water partition coefficient (Wildman–Crippen LogP) is 10.7. The van der Waals surface area contributed by atoms with Crippen LogP contribution in [0.15, 0.2) is 250 Å². The van der Waals surface area contributed by atoms with Crippen LogP contribution < -0.4 is 110 Å². The Morgan fingerprint density at radius 2 is 0.537 bits per heavy atom. The van der Waals surface area contributed by atoms with E-state index in [0.717, 1.165) is 16.8 Å². The van der Waals surface area contributed by atoms with Gasteiger partial charge >= 0.3 is 30.8 Å². The van der Waals surface area contributed by atoms with Gasteiger partial charge in [0, 0.05) is 142 Å². The second-order valence-electron chi connectivity index (χ2n) is 29.9. The summed E-state index contributed by atoms with van der Waals surface area (Å²) in [7, 11) is 8.89. The summed E-state index contributed by atoms with van der Waals surface area (Å²) in [4.78, 5) is 133. The van der Waals surface area contributed by atoms with E-state index in [0.29, 0.717) is 154 Å². The minimum atomic E-state index is -1.03. The number of amides is 7. The molecular weight excluding hydrogens is 1880 g/mol. The Morgan fingerprint density at radius 3 is 0.769 bits per heavy atom. The number of carboxylic acids is 1. The Kier molecular flexibility index (Phi) is 41.8. The van der Waals surface area contributed by atoms with Crippen LogP contribution in [0.5, 0.6) is 0 Å². The summed E-state index contributed by atoms with van der Waals surface area (Å²) in [5.41, 5.74) is 22.5. The number of aromatic carboxylic acids is 1. The molecule has 748 valence electrons. The van der Waals surface area contributed by atoms with Crippen molar-refractivity contribution < 1.29 is 77.3 Å². The van der Waals surface area contributed by atoms with Crippen LogP contribution in [-0.2, 0) is 4.74 Å². The SMILES string of the molecule is C.C.CNC(=O)c1nnc(Nc2ccccn2)cc1Nc1cccc(-c2ncn[nH]2)c1C.CNC(=O)c1nnc(Nc2ccccn2)cc1Nc1cccc(C(=O)O)c1C.CNC(=O)c1nnc(Nc2ccccn2)cc1Nc1cccc(C(=O)OC)c1C.CNC(=O)c1nnc(Nc2ccccn2)cc1Nc1cccc(C(N)=O)c1C.CNC(=O)c1nnc(Nc2ccccn2)cc1Nc1cccc(C(N)=O)c1C.[Li+].[OH-]. The number of carboxylic acid groups (broad SMARTS) is 1. The smallest absolute Gasteiger partial charge is 0.870 e. The fourth-order valence-electron chi connectivity index (χ4n) is 13.3. The van der Waals surface area contributed by atoms with Crippen molar-refractivity contribution in [3.63, 3.8) is 0 Å². The molecule has 11 aromatic heterocycles. The van der Waals surface area contributed by atoms with Gasteiger partial charge in [-0.05, 0) is 178 Å². The van der Waals surface area contributed by atoms with Crippen LogP contribution in [0.4, 0.5) is 115 Å². The standard InChI is InChI=1S/C20H19N9O.C20H20N6O3.2C19H19N7O2.C19H18N6O3.2CH4.Li.H2O/c1-12-13(19-23-11-24-29-19)6-5-7-14(12)25-15-10-17(26-16-8-3-4-9-22-16)27-28-18(15)20(30)21-2;1-12-13(20(28)29-3)7-6-8-14(12)23-15-11-17(24-16-9-4-5-10-22-16)25-26-18(15)19(27)21-2;2*1-11-12(18(20)27)6-5-7-13(11)23-14-10-16(24-15-8-3-4-9-22-15)25-26-17(14)19(28)21-2;1-11-12(19(27)28)6-5-7-13(11)22-14-10-16(23-15-8-3-4-9-21-15)24-25-17(14)18(26)20-2;;;;/h3-11H,1-2H3,(H,21,30)(H,23,24,29)(H2,22,25,26,27);4-11H,1-3H3,(H,21,27)(H2,22,23,24,25);2*3-10H,1-2H3,(H2,20,27)(H,21,28)(H2,22,23,24,25);3-10H,1-2H3,(H,20,26)(H,27,28)(H2,21,22,23,24);2*1H4;;1H2/q;;;;;;;+1;/p-1. The monoisotopic (exact) mass is 1980 g/mol. The molecule has 0 fully saturated rings. The maximum atomic E-state index is 12.3. The number of aromatic nitrogens is 18. The minimum Gasteiger partial charge on any atom is -0.870 e. The van der Waals surface area contributed by atoms with Gasteiger partial charge in [0.2, 0.25) is 11.8 Å². The van der Waals surface area contributed by atoms with Crippen LogP contribution in [0.1, 0.15) is 137 Å². The van der Waals surface area contributed by atoms with E-state index < -0.39 is 47.4 Å². The number of carbonyl (C=O) groups excluding carboxylic acids is 8. The van der Waals surface area contributed by atoms with Crippen molar-refractivity contribution in [3.05, 3.63) is 328 Å². The molecule has 0 atom stereocenters. The van der Waals surface area contributed by atoms with Crippen LogP contribution in [0.25, 0.3) is 11.4 Å². The molecule has 0 saturated carbocycles. The number of H-pyrrole nitrogens is 1. The molecule has 11 heterocycles. The van der Waals surface area contributed by atoms with Crippen molar-refractivity contribution >= 4 is 168 Å². The number of aromatic amines is 1. The molecule has 0 spiro atoms. The van der Waals surface area contributed by atoms with E-state index in [1.807, 2.05) is 67.6 Å². The number of nitrogens with two attached hydrogens (primary N) is 2. The normalized spacial score (nSPS) is 9.98. The van der Waals surface area contributed by atoms with Crippen LogP contribution in [0.3, 0.4) is 0 Å². The molecule has 0 bridgehead atoms. The summed E-state index contributed by atoms with van der Waals surface area (Å²) in [6.45, 7) is 8.97. The van der Waals surface area contributed by atoms with Crippen molar-refractivity contribution in [1.29, 1.82) is 0 Å². The van der Waals surface area contributed by atoms with Gasteiger partial charge in [-0.1, -0.05) is 81.6 Å². The number of nitrogens with zero attached hydrogens (tertiary/aromatic N) is 17. The van der Waals surface area contributed by atoms with Gasteiger partial charge in [0.15, 0.2) is 63.4 Å². The van der Waals surface area contributed by atoms with Crippen LogP contribution in [0.2, 0.25) is 0 Å². The summed E-state index contributed by atoms with van der Waals surface area (Å²) in [6, 6.07) is 61.4. The number of ether oxygens (including phenoxy) is 1. The van der Waals surface area contributed by atoms with E-state index in [9.17, 15) is 48.3 Å². The second-order valence-corrected chi connectivity index (χ2v) is 29.9. The van der Waals surface area contributed by atoms with Gasteiger partial charge in [-0.2, -0.15) is 5.10 Å². The van der Waals surface area contributed by atoms with Gasteiger partial charge in [0.25, 0.3) is 29.5 Å². The third-order valence-electron chi connectivity index (χ3n) is 20.6. The van der Waals surface area contributed by atoms with Crippen molar-refractivity contribution in [2.24, 2.45) is 11.5 Å². The number of hydrogen-bond donors (Lipinski definition) is 19. The Labute approximate surface area is 854 Å². The Hall–Kier alpha value is -19.8. The Balaban J connectivity index is 0.000000223. The van der Waals surface area contributed by atoms with E-state index in [1.165, 1.54) is 47.7 Å². The number of pyridine rings is 5. The maximum Gasteiger partial charge on any atom is 1.00 e. The number of methoxy groups -OCH3 is 1. The maximum absolute atomic E-state index is 12.3. The molecule has 16 rings (SSSR count). The molecule has 48 heteroatoms. The number of nitrogens with one attached hydrogen (secondary N) is 16. The van der Waals surface area contributed by atoms with Gasteiger partial charge in [-0.25, -0.2) is 39.5 Å². The predicted molar refractivity (Wildman–Crippen MR) is 553 cm³/mol. The molecule has 0 aliphatic carbocycles. The first kappa shape index (κ1) is 112. The molecule has 0 aliphatic rings. The summed E-state index contributed by atoms with van der Waals surface area (Å²) in [6.07, 6.45) is 9.70. The summed E-state index contributed by atoms with van der Waals surface area (Å²) in [5.74, 6) is 1.14. The molecule has 5 aromatic carbocycles. The molecule has 22 N–H and O–H groups in total. The van der Waals surface area contributed by atoms with E-state index in [4.69, 9.17) is 16.2 Å². The van der Waals surface area contributed by atoms with E-state index in [2.05, 4.69) is 171 Å². The van der Waals surface area contributed by atoms with E-state index in [1.54, 1.807) is 211 Å². The molecule has 0 aliphatic heterocycles. The zero-order chi connectivity index (χ0) is 102. The fourth-order valence-corrected chi connectivity index (χ4v) is 13.3. The molecule has 0 unspecified atom stereocenters. The van der Waals surface area contributed by atoms with E-state index in [-0.39, 0.29) is 79.1 Å². The zero-order valence-corrected chi connectivity index (χ0v) is 79.9. The largest absolute Gasteiger partial charge is 1.00 e. The first-order valence-electron chi connectivity index (χ1n) is 43.2. The second kappa shape index (κ2) is 54.7. The van der Waals surface area contributed by atoms with Crippen LogP contribution >= 0.6 is 0 Å². The molecule has 16 aromatic rings. The molecule has 7 amide bonds. The number of hydrogen-bond acceptors (Lipinski definition) is 38. The van der Waals surface area contributed by atoms with Crippen molar-refractivity contribution in [3.8, 4) is 11.4 Å². The minimum absolute atomic E-state index is 0. The zero-order valence-electron chi connectivity index (χ0n) is 79.9. The molecule has 0 radical (unpaired) electrons. The number of anilines is 20. The first-order valence-corrected chi connectivity index (χ1v) is 43.2. The van der Waals surface area contributed by atoms with Crippen LogP contribution in [0, 0.1) is 34.6 Å². The van der Waals surface area contributed by atoms with Gasteiger partial charge in [0.05, 0.1) is 46.7 Å². The number of rotatable bonds is 30. The third kappa shape index (κ3) is 30.1. The van der Waals surface area contributed by atoms with Gasteiger partial charge in [0.1, 0.15) is 35.4 Å². The molecule has 147 heavy (non-hydrogen) atoms. The van der Waals surface area contributed by atoms with Crippen molar-refractivity contribution in [2.75, 3.05) is 95.5 Å². The average molecular weight is 1980 g/mol. The summed E-state index contributed by atoms with van der Waals surface area (Å²) >= 11 is 0. The summed E-state index contributed by atoms with van der Waals surface area (Å²) < 4.78 is 4.82. The van der Waals surface area contributed by atoms with Crippen LogP contribution in [-0.4, -0.2) is 197 Å². The van der Waals surface area contributed by atoms with Crippen molar-refractivity contribution in [2.45, 2.75) is 49.5 Å².